The zero-order valence-electron chi connectivity index (χ0n) is 13.3. The Hall–Kier alpha value is -2.34. The minimum absolute atomic E-state index is 0.0337. The van der Waals surface area contributed by atoms with Gasteiger partial charge in [-0.15, -0.1) is 11.8 Å². The average Bonchev–Trinajstić information content (AvgIpc) is 2.55. The Balaban J connectivity index is 2.15. The van der Waals surface area contributed by atoms with E-state index in [0.717, 1.165) is 10.5 Å². The first-order chi connectivity index (χ1) is 10.9. The average molecular weight is 330 g/mol. The van der Waals surface area contributed by atoms with E-state index in [0.29, 0.717) is 17.7 Å². The third-order valence-corrected chi connectivity index (χ3v) is 4.32. The largest absolute Gasteiger partial charge is 0.337 e. The molecule has 2 aromatic carbocycles. The molecule has 0 aromatic heterocycles. The number of hydrogen-bond acceptors (Lipinski definition) is 4. The van der Waals surface area contributed by atoms with Gasteiger partial charge in [0.05, 0.1) is 4.92 Å². The van der Waals surface area contributed by atoms with Crippen molar-refractivity contribution in [3.05, 3.63) is 69.3 Å². The van der Waals surface area contributed by atoms with Crippen molar-refractivity contribution in [2.75, 3.05) is 13.3 Å². The predicted molar refractivity (Wildman–Crippen MR) is 91.9 cm³/mol. The summed E-state index contributed by atoms with van der Waals surface area (Å²) in [5, 5.41) is 11.0. The molecule has 0 fully saturated rings. The molecule has 0 saturated carbocycles. The minimum Gasteiger partial charge on any atom is -0.337 e. The second-order valence-corrected chi connectivity index (χ2v) is 6.15. The molecule has 1 amide bonds. The van der Waals surface area contributed by atoms with E-state index >= 15 is 0 Å². The van der Waals surface area contributed by atoms with Gasteiger partial charge in [0, 0.05) is 35.7 Å². The zero-order chi connectivity index (χ0) is 17.0. The fraction of sp³-hybridized carbons (Fsp3) is 0.235. The molecule has 0 heterocycles. The summed E-state index contributed by atoms with van der Waals surface area (Å²) in [6.45, 7) is 2.11. The summed E-state index contributed by atoms with van der Waals surface area (Å²) in [5.74, 6) is -0.234. The molecule has 0 aliphatic heterocycles. The Bertz CT molecular complexity index is 729. The first-order valence-corrected chi connectivity index (χ1v) is 8.28. The van der Waals surface area contributed by atoms with Crippen LogP contribution in [-0.2, 0) is 6.54 Å². The molecule has 2 aromatic rings. The van der Waals surface area contributed by atoms with Gasteiger partial charge in [-0.2, -0.15) is 0 Å². The van der Waals surface area contributed by atoms with Crippen molar-refractivity contribution in [2.45, 2.75) is 18.4 Å². The molecule has 0 saturated heterocycles. The summed E-state index contributed by atoms with van der Waals surface area (Å²) in [4.78, 5) is 25.7. The molecule has 6 heteroatoms. The van der Waals surface area contributed by atoms with Crippen molar-refractivity contribution in [1.29, 1.82) is 0 Å². The van der Waals surface area contributed by atoms with Gasteiger partial charge >= 0.3 is 0 Å². The fourth-order valence-electron chi connectivity index (χ4n) is 2.24. The predicted octanol–water partition coefficient (Wildman–Crippen LogP) is 3.90. The molecule has 5 nitrogen and oxygen atoms in total. The number of amides is 1. The van der Waals surface area contributed by atoms with Gasteiger partial charge in [-0.3, -0.25) is 14.9 Å². The Morgan fingerprint density at radius 3 is 2.43 bits per heavy atom. The van der Waals surface area contributed by atoms with Gasteiger partial charge in [-0.25, -0.2) is 0 Å². The molecule has 23 heavy (non-hydrogen) atoms. The number of hydrogen-bond donors (Lipinski definition) is 0. The SMILES string of the molecule is CSc1ccc(CN(C)C(=O)c2ccc(C)c([N+](=O)[O-])c2)cc1. The highest BCUT2D eigenvalue weighted by molar-refractivity contribution is 7.98. The monoisotopic (exact) mass is 330 g/mol. The third kappa shape index (κ3) is 4.10. The normalized spacial score (nSPS) is 10.4. The van der Waals surface area contributed by atoms with Crippen molar-refractivity contribution in [3.63, 3.8) is 0 Å². The molecule has 0 spiro atoms. The lowest BCUT2D eigenvalue weighted by Crippen LogP contribution is -2.26. The molecule has 0 unspecified atom stereocenters. The molecule has 120 valence electrons. The maximum atomic E-state index is 12.5. The fourth-order valence-corrected chi connectivity index (χ4v) is 2.64. The quantitative estimate of drug-likeness (QED) is 0.474. The molecule has 0 bridgehead atoms. The molecular weight excluding hydrogens is 312 g/mol. The van der Waals surface area contributed by atoms with Crippen LogP contribution in [0.15, 0.2) is 47.4 Å². The van der Waals surface area contributed by atoms with Crippen molar-refractivity contribution in [1.82, 2.24) is 4.90 Å². The van der Waals surface area contributed by atoms with Gasteiger partial charge < -0.3 is 4.90 Å². The first-order valence-electron chi connectivity index (χ1n) is 7.06. The Labute approximate surface area is 139 Å². The number of nitro benzene ring substituents is 1. The zero-order valence-corrected chi connectivity index (χ0v) is 14.1. The second kappa shape index (κ2) is 7.28. The standard InChI is InChI=1S/C17H18N2O3S/c1-12-4-7-14(10-16(12)19(21)22)17(20)18(2)11-13-5-8-15(23-3)9-6-13/h4-10H,11H2,1-3H3. The van der Waals surface area contributed by atoms with Crippen LogP contribution in [0.5, 0.6) is 0 Å². The highest BCUT2D eigenvalue weighted by atomic mass is 32.2. The number of benzene rings is 2. The van der Waals surface area contributed by atoms with E-state index in [2.05, 4.69) is 0 Å². The molecular formula is C17H18N2O3S. The lowest BCUT2D eigenvalue weighted by atomic mass is 10.1. The van der Waals surface area contributed by atoms with Crippen LogP contribution >= 0.6 is 11.8 Å². The van der Waals surface area contributed by atoms with E-state index in [-0.39, 0.29) is 11.6 Å². The highest BCUT2D eigenvalue weighted by Gasteiger charge is 2.17. The molecule has 0 radical (unpaired) electrons. The van der Waals surface area contributed by atoms with Crippen LogP contribution in [0.2, 0.25) is 0 Å². The smallest absolute Gasteiger partial charge is 0.273 e. The molecule has 0 aliphatic rings. The topological polar surface area (TPSA) is 63.5 Å². The Morgan fingerprint density at radius 2 is 1.87 bits per heavy atom. The Kier molecular flexibility index (Phi) is 5.39. The van der Waals surface area contributed by atoms with Gasteiger partial charge in [-0.05, 0) is 36.9 Å². The van der Waals surface area contributed by atoms with Gasteiger partial charge in [0.15, 0.2) is 0 Å². The van der Waals surface area contributed by atoms with Crippen LogP contribution in [0.1, 0.15) is 21.5 Å². The number of rotatable bonds is 5. The number of aryl methyl sites for hydroxylation is 1. The number of nitro groups is 1. The van der Waals surface area contributed by atoms with Crippen molar-refractivity contribution >= 4 is 23.4 Å². The van der Waals surface area contributed by atoms with E-state index in [1.165, 1.54) is 6.07 Å². The number of carbonyl (C=O) groups excluding carboxylic acids is 1. The van der Waals surface area contributed by atoms with Gasteiger partial charge in [0.1, 0.15) is 0 Å². The number of carbonyl (C=O) groups is 1. The van der Waals surface area contributed by atoms with E-state index < -0.39 is 4.92 Å². The van der Waals surface area contributed by atoms with Gasteiger partial charge in [0.25, 0.3) is 11.6 Å². The van der Waals surface area contributed by atoms with Crippen LogP contribution in [-0.4, -0.2) is 29.0 Å². The summed E-state index contributed by atoms with van der Waals surface area (Å²) in [5.41, 5.74) is 1.85. The van der Waals surface area contributed by atoms with Crippen molar-refractivity contribution in [3.8, 4) is 0 Å². The summed E-state index contributed by atoms with van der Waals surface area (Å²) in [7, 11) is 1.69. The van der Waals surface area contributed by atoms with Crippen molar-refractivity contribution < 1.29 is 9.72 Å². The van der Waals surface area contributed by atoms with E-state index in [4.69, 9.17) is 0 Å². The van der Waals surface area contributed by atoms with Crippen LogP contribution in [0.4, 0.5) is 5.69 Å². The Morgan fingerprint density at radius 1 is 1.22 bits per heavy atom. The number of thioether (sulfide) groups is 1. The highest BCUT2D eigenvalue weighted by Crippen LogP contribution is 2.21. The lowest BCUT2D eigenvalue weighted by molar-refractivity contribution is -0.385. The van der Waals surface area contributed by atoms with Crippen LogP contribution in [0.25, 0.3) is 0 Å². The van der Waals surface area contributed by atoms with Crippen LogP contribution < -0.4 is 0 Å². The minimum atomic E-state index is -0.465. The van der Waals surface area contributed by atoms with E-state index in [1.807, 2.05) is 30.5 Å². The lowest BCUT2D eigenvalue weighted by Gasteiger charge is -2.17. The summed E-state index contributed by atoms with van der Waals surface area (Å²) in [6, 6.07) is 12.5. The first kappa shape index (κ1) is 17.0. The summed E-state index contributed by atoms with van der Waals surface area (Å²) >= 11 is 1.66. The molecule has 0 atom stereocenters. The molecule has 0 aliphatic carbocycles. The molecule has 2 rings (SSSR count). The van der Waals surface area contributed by atoms with Gasteiger partial charge in [-0.1, -0.05) is 18.2 Å². The number of nitrogens with zero attached hydrogens (tertiary/aromatic N) is 2. The summed E-state index contributed by atoms with van der Waals surface area (Å²) in [6.07, 6.45) is 2.01. The van der Waals surface area contributed by atoms with Gasteiger partial charge in [0.2, 0.25) is 0 Å². The maximum Gasteiger partial charge on any atom is 0.273 e. The van der Waals surface area contributed by atoms with E-state index in [1.54, 1.807) is 42.8 Å². The van der Waals surface area contributed by atoms with Crippen molar-refractivity contribution in [2.24, 2.45) is 0 Å². The van der Waals surface area contributed by atoms with E-state index in [9.17, 15) is 14.9 Å². The van der Waals surface area contributed by atoms with Crippen LogP contribution in [0, 0.1) is 17.0 Å². The third-order valence-electron chi connectivity index (χ3n) is 3.58. The summed E-state index contributed by atoms with van der Waals surface area (Å²) < 4.78 is 0. The molecule has 0 N–H and O–H groups in total. The maximum absolute atomic E-state index is 12.5. The second-order valence-electron chi connectivity index (χ2n) is 5.27. The van der Waals surface area contributed by atoms with Crippen LogP contribution in [0.3, 0.4) is 0 Å².